The molecule has 0 saturated carbocycles. The number of benzene rings is 2. The number of halogens is 4. The summed E-state index contributed by atoms with van der Waals surface area (Å²) in [5.41, 5.74) is 3.64. The molecule has 1 N–H and O–H groups in total. The highest BCUT2D eigenvalue weighted by Crippen LogP contribution is 2.33. The summed E-state index contributed by atoms with van der Waals surface area (Å²) in [5.74, 6) is 0.752. The predicted octanol–water partition coefficient (Wildman–Crippen LogP) is 5.40. The smallest absolute Gasteiger partial charge is 0.416 e. The molecule has 0 atom stereocenters. The molecule has 24 heavy (non-hydrogen) atoms. The third kappa shape index (κ3) is 4.89. The number of hydrogen-bond donors (Lipinski definition) is 1. The third-order valence-corrected chi connectivity index (χ3v) is 3.61. The number of nitrogens with one attached hydrogen (secondary N) is 1. The van der Waals surface area contributed by atoms with Gasteiger partial charge in [-0.25, -0.2) is 0 Å². The van der Waals surface area contributed by atoms with Crippen molar-refractivity contribution in [2.75, 3.05) is 12.5 Å². The summed E-state index contributed by atoms with van der Waals surface area (Å²) in [6.45, 7) is 1.78. The standard InChI is InChI=1S/C17H16ClF3N2O/c1-11(9-12-3-6-14(24-2)7-4-12)22-23-16-10-13(17(19,20)21)5-8-15(16)18/h3-8,10,23H,9H2,1-2H3/b22-11+. The van der Waals surface area contributed by atoms with Crippen LogP contribution in [0.4, 0.5) is 18.9 Å². The fourth-order valence-electron chi connectivity index (χ4n) is 2.02. The van der Waals surface area contributed by atoms with Gasteiger partial charge < -0.3 is 4.74 Å². The van der Waals surface area contributed by atoms with Crippen molar-refractivity contribution in [3.8, 4) is 5.75 Å². The van der Waals surface area contributed by atoms with Crippen LogP contribution in [0.15, 0.2) is 47.6 Å². The highest BCUT2D eigenvalue weighted by molar-refractivity contribution is 6.33. The summed E-state index contributed by atoms with van der Waals surface area (Å²) in [6, 6.07) is 10.5. The first-order valence-electron chi connectivity index (χ1n) is 7.08. The Morgan fingerprint density at radius 3 is 2.42 bits per heavy atom. The molecule has 0 aromatic heterocycles. The predicted molar refractivity (Wildman–Crippen MR) is 89.9 cm³/mol. The number of rotatable bonds is 5. The molecule has 0 aliphatic rings. The monoisotopic (exact) mass is 356 g/mol. The van der Waals surface area contributed by atoms with E-state index in [1.54, 1.807) is 14.0 Å². The van der Waals surface area contributed by atoms with Crippen molar-refractivity contribution in [3.05, 3.63) is 58.6 Å². The van der Waals surface area contributed by atoms with Crippen molar-refractivity contribution >= 4 is 23.0 Å². The first kappa shape index (κ1) is 18.1. The average molecular weight is 357 g/mol. The molecule has 0 spiro atoms. The Hall–Kier alpha value is -2.21. The molecule has 7 heteroatoms. The normalized spacial score (nSPS) is 12.2. The zero-order valence-electron chi connectivity index (χ0n) is 13.1. The average Bonchev–Trinajstić information content (AvgIpc) is 2.53. The minimum Gasteiger partial charge on any atom is -0.497 e. The summed E-state index contributed by atoms with van der Waals surface area (Å²) < 4.78 is 43.3. The zero-order chi connectivity index (χ0) is 17.7. The van der Waals surface area contributed by atoms with E-state index >= 15 is 0 Å². The molecule has 0 unspecified atom stereocenters. The summed E-state index contributed by atoms with van der Waals surface area (Å²) in [5, 5.41) is 4.27. The summed E-state index contributed by atoms with van der Waals surface area (Å²) in [6.07, 6.45) is -3.88. The van der Waals surface area contributed by atoms with Crippen molar-refractivity contribution in [3.63, 3.8) is 0 Å². The van der Waals surface area contributed by atoms with E-state index < -0.39 is 11.7 Å². The van der Waals surface area contributed by atoms with E-state index in [0.717, 1.165) is 23.4 Å². The minimum absolute atomic E-state index is 0.112. The van der Waals surface area contributed by atoms with Gasteiger partial charge >= 0.3 is 6.18 Å². The van der Waals surface area contributed by atoms with Crippen LogP contribution in [0.2, 0.25) is 5.02 Å². The number of nitrogens with zero attached hydrogens (tertiary/aromatic N) is 1. The van der Waals surface area contributed by atoms with Gasteiger partial charge in [0.25, 0.3) is 0 Å². The van der Waals surface area contributed by atoms with Crippen LogP contribution in [0.1, 0.15) is 18.1 Å². The van der Waals surface area contributed by atoms with Crippen molar-refractivity contribution < 1.29 is 17.9 Å². The largest absolute Gasteiger partial charge is 0.497 e. The van der Waals surface area contributed by atoms with Crippen LogP contribution >= 0.6 is 11.6 Å². The van der Waals surface area contributed by atoms with E-state index in [9.17, 15) is 13.2 Å². The second-order valence-electron chi connectivity index (χ2n) is 5.18. The Morgan fingerprint density at radius 2 is 1.83 bits per heavy atom. The second-order valence-corrected chi connectivity index (χ2v) is 5.58. The van der Waals surface area contributed by atoms with Gasteiger partial charge in [0.05, 0.1) is 23.4 Å². The van der Waals surface area contributed by atoms with Gasteiger partial charge in [0.1, 0.15) is 5.75 Å². The number of ether oxygens (including phenoxy) is 1. The van der Waals surface area contributed by atoms with E-state index in [0.29, 0.717) is 12.1 Å². The fourth-order valence-corrected chi connectivity index (χ4v) is 2.18. The third-order valence-electron chi connectivity index (χ3n) is 3.28. The molecule has 2 rings (SSSR count). The van der Waals surface area contributed by atoms with Gasteiger partial charge in [-0.2, -0.15) is 18.3 Å². The lowest BCUT2D eigenvalue weighted by Crippen LogP contribution is -2.06. The quantitative estimate of drug-likeness (QED) is 0.575. The van der Waals surface area contributed by atoms with E-state index in [1.165, 1.54) is 6.07 Å². The number of methoxy groups -OCH3 is 1. The van der Waals surface area contributed by atoms with Gasteiger partial charge in [-0.15, -0.1) is 0 Å². The van der Waals surface area contributed by atoms with Gasteiger partial charge in [0.15, 0.2) is 0 Å². The maximum Gasteiger partial charge on any atom is 0.416 e. The van der Waals surface area contributed by atoms with Gasteiger partial charge in [0.2, 0.25) is 0 Å². The van der Waals surface area contributed by atoms with Crippen LogP contribution in [-0.2, 0) is 12.6 Å². The Bertz CT molecular complexity index is 728. The van der Waals surface area contributed by atoms with Gasteiger partial charge in [-0.1, -0.05) is 23.7 Å². The van der Waals surface area contributed by atoms with Crippen LogP contribution in [0, 0.1) is 0 Å². The van der Waals surface area contributed by atoms with Crippen molar-refractivity contribution in [2.45, 2.75) is 19.5 Å². The topological polar surface area (TPSA) is 33.6 Å². The first-order valence-corrected chi connectivity index (χ1v) is 7.46. The van der Waals surface area contributed by atoms with Gasteiger partial charge in [-0.05, 0) is 42.8 Å². The molecule has 0 saturated heterocycles. The zero-order valence-corrected chi connectivity index (χ0v) is 13.9. The minimum atomic E-state index is -4.43. The molecule has 0 bridgehead atoms. The van der Waals surface area contributed by atoms with E-state index in [-0.39, 0.29) is 10.7 Å². The van der Waals surface area contributed by atoms with Gasteiger partial charge in [-0.3, -0.25) is 5.43 Å². The number of anilines is 1. The maximum absolute atomic E-state index is 12.7. The molecule has 0 aliphatic carbocycles. The lowest BCUT2D eigenvalue weighted by Gasteiger charge is -2.10. The van der Waals surface area contributed by atoms with Crippen LogP contribution < -0.4 is 10.2 Å². The summed E-state index contributed by atoms with van der Waals surface area (Å²) in [7, 11) is 1.59. The van der Waals surface area contributed by atoms with Crippen molar-refractivity contribution in [1.29, 1.82) is 0 Å². The molecule has 2 aromatic carbocycles. The van der Waals surface area contributed by atoms with Crippen LogP contribution in [-0.4, -0.2) is 12.8 Å². The molecule has 3 nitrogen and oxygen atoms in total. The Morgan fingerprint density at radius 1 is 1.17 bits per heavy atom. The number of hydrogen-bond acceptors (Lipinski definition) is 3. The molecule has 0 radical (unpaired) electrons. The Balaban J connectivity index is 2.08. The number of hydrazone groups is 1. The van der Waals surface area contributed by atoms with Crippen LogP contribution in [0.25, 0.3) is 0 Å². The summed E-state index contributed by atoms with van der Waals surface area (Å²) in [4.78, 5) is 0. The molecule has 0 fully saturated rings. The van der Waals surface area contributed by atoms with Crippen molar-refractivity contribution in [2.24, 2.45) is 5.10 Å². The van der Waals surface area contributed by atoms with Crippen LogP contribution in [0.5, 0.6) is 5.75 Å². The second kappa shape index (κ2) is 7.57. The molecular weight excluding hydrogens is 341 g/mol. The Labute approximate surface area is 143 Å². The SMILES string of the molecule is COc1ccc(C/C(C)=N/Nc2cc(C(F)(F)F)ccc2Cl)cc1. The molecule has 0 amide bonds. The van der Waals surface area contributed by atoms with E-state index in [4.69, 9.17) is 16.3 Å². The van der Waals surface area contributed by atoms with Gasteiger partial charge in [0, 0.05) is 12.1 Å². The lowest BCUT2D eigenvalue weighted by atomic mass is 10.1. The first-order chi connectivity index (χ1) is 11.3. The highest BCUT2D eigenvalue weighted by atomic mass is 35.5. The van der Waals surface area contributed by atoms with Crippen LogP contribution in [0.3, 0.4) is 0 Å². The van der Waals surface area contributed by atoms with Crippen molar-refractivity contribution in [1.82, 2.24) is 0 Å². The fraction of sp³-hybridized carbons (Fsp3) is 0.235. The van der Waals surface area contributed by atoms with E-state index in [2.05, 4.69) is 10.5 Å². The maximum atomic E-state index is 12.7. The molecule has 128 valence electrons. The molecule has 0 aliphatic heterocycles. The molecule has 2 aromatic rings. The lowest BCUT2D eigenvalue weighted by molar-refractivity contribution is -0.137. The summed E-state index contributed by atoms with van der Waals surface area (Å²) >= 11 is 5.91. The molecular formula is C17H16ClF3N2O. The number of alkyl halides is 3. The van der Waals surface area contributed by atoms with E-state index in [1.807, 2.05) is 24.3 Å². The Kier molecular flexibility index (Phi) is 5.72. The highest BCUT2D eigenvalue weighted by Gasteiger charge is 2.30. The molecule has 0 heterocycles.